The number of aromatic amines is 1. The summed E-state index contributed by atoms with van der Waals surface area (Å²) in [4.78, 5) is 4.28. The Morgan fingerprint density at radius 1 is 1.47 bits per heavy atom. The summed E-state index contributed by atoms with van der Waals surface area (Å²) in [6.07, 6.45) is 5.47. The van der Waals surface area contributed by atoms with E-state index in [1.54, 1.807) is 11.8 Å². The quantitative estimate of drug-likeness (QED) is 0.626. The highest BCUT2D eigenvalue weighted by Crippen LogP contribution is 2.23. The fourth-order valence-corrected chi connectivity index (χ4v) is 3.13. The lowest BCUT2D eigenvalue weighted by Gasteiger charge is -2.27. The van der Waals surface area contributed by atoms with Gasteiger partial charge < -0.3 is 5.32 Å². The van der Waals surface area contributed by atoms with Gasteiger partial charge in [0.25, 0.3) is 0 Å². The van der Waals surface area contributed by atoms with Crippen molar-refractivity contribution in [2.45, 2.75) is 50.7 Å². The third-order valence-corrected chi connectivity index (χ3v) is 4.13. The SMILES string of the molecule is Cc1nc(SCCNC2CCCC(C)C2)n[nH]1. The van der Waals surface area contributed by atoms with E-state index >= 15 is 0 Å². The minimum Gasteiger partial charge on any atom is -0.313 e. The van der Waals surface area contributed by atoms with Crippen LogP contribution in [0.2, 0.25) is 0 Å². The standard InChI is InChI=1S/C12H22N4S/c1-9-4-3-5-11(8-9)13-6-7-17-12-14-10(2)15-16-12/h9,11,13H,3-8H2,1-2H3,(H,14,15,16). The summed E-state index contributed by atoms with van der Waals surface area (Å²) >= 11 is 1.71. The number of H-pyrrole nitrogens is 1. The minimum absolute atomic E-state index is 0.730. The highest BCUT2D eigenvalue weighted by atomic mass is 32.2. The summed E-state index contributed by atoms with van der Waals surface area (Å²) in [5, 5.41) is 11.5. The Kier molecular flexibility index (Phi) is 4.86. The molecule has 0 saturated heterocycles. The van der Waals surface area contributed by atoms with Crippen LogP contribution in [0, 0.1) is 12.8 Å². The van der Waals surface area contributed by atoms with Crippen LogP contribution in [0.25, 0.3) is 0 Å². The van der Waals surface area contributed by atoms with Gasteiger partial charge in [-0.3, -0.25) is 5.10 Å². The molecule has 1 fully saturated rings. The van der Waals surface area contributed by atoms with Gasteiger partial charge in [-0.2, -0.15) is 0 Å². The zero-order chi connectivity index (χ0) is 12.1. The van der Waals surface area contributed by atoms with Gasteiger partial charge in [-0.1, -0.05) is 31.5 Å². The van der Waals surface area contributed by atoms with Crippen LogP contribution in [-0.2, 0) is 0 Å². The van der Waals surface area contributed by atoms with E-state index in [9.17, 15) is 0 Å². The van der Waals surface area contributed by atoms with Crippen LogP contribution < -0.4 is 5.32 Å². The second-order valence-electron chi connectivity index (χ2n) is 4.97. The summed E-state index contributed by atoms with van der Waals surface area (Å²) in [5.74, 6) is 2.83. The smallest absolute Gasteiger partial charge is 0.208 e. The Hall–Kier alpha value is -0.550. The number of hydrogen-bond acceptors (Lipinski definition) is 4. The summed E-state index contributed by atoms with van der Waals surface area (Å²) in [6, 6.07) is 0.730. The van der Waals surface area contributed by atoms with Gasteiger partial charge in [-0.05, 0) is 25.7 Å². The Balaban J connectivity index is 1.59. The van der Waals surface area contributed by atoms with Crippen LogP contribution in [0.5, 0.6) is 0 Å². The van der Waals surface area contributed by atoms with E-state index < -0.39 is 0 Å². The van der Waals surface area contributed by atoms with Gasteiger partial charge in [0.1, 0.15) is 5.82 Å². The first-order valence-corrected chi connectivity index (χ1v) is 7.48. The molecule has 96 valence electrons. The van der Waals surface area contributed by atoms with Crippen LogP contribution in [0.4, 0.5) is 0 Å². The molecule has 0 aromatic carbocycles. The van der Waals surface area contributed by atoms with E-state index in [2.05, 4.69) is 27.4 Å². The summed E-state index contributed by atoms with van der Waals surface area (Å²) < 4.78 is 0. The molecule has 2 N–H and O–H groups in total. The van der Waals surface area contributed by atoms with Gasteiger partial charge >= 0.3 is 0 Å². The summed E-state index contributed by atoms with van der Waals surface area (Å²) in [5.41, 5.74) is 0. The first-order chi connectivity index (χ1) is 8.24. The van der Waals surface area contributed by atoms with E-state index in [4.69, 9.17) is 0 Å². The highest BCUT2D eigenvalue weighted by Gasteiger charge is 2.17. The number of aryl methyl sites for hydroxylation is 1. The molecule has 1 heterocycles. The first kappa shape index (κ1) is 12.9. The van der Waals surface area contributed by atoms with Crippen molar-refractivity contribution >= 4 is 11.8 Å². The Morgan fingerprint density at radius 2 is 2.35 bits per heavy atom. The van der Waals surface area contributed by atoms with Crippen molar-refractivity contribution < 1.29 is 0 Å². The van der Waals surface area contributed by atoms with Crippen molar-refractivity contribution in [1.29, 1.82) is 0 Å². The fourth-order valence-electron chi connectivity index (χ4n) is 2.41. The Labute approximate surface area is 107 Å². The molecule has 1 aliphatic rings. The van der Waals surface area contributed by atoms with Gasteiger partial charge in [-0.25, -0.2) is 4.98 Å². The number of aromatic nitrogens is 3. The van der Waals surface area contributed by atoms with Gasteiger partial charge in [0, 0.05) is 18.3 Å². The number of thioether (sulfide) groups is 1. The third-order valence-electron chi connectivity index (χ3n) is 3.28. The maximum atomic E-state index is 4.28. The van der Waals surface area contributed by atoms with Crippen molar-refractivity contribution in [1.82, 2.24) is 20.5 Å². The monoisotopic (exact) mass is 254 g/mol. The second-order valence-corrected chi connectivity index (χ2v) is 6.04. The molecule has 1 saturated carbocycles. The topological polar surface area (TPSA) is 53.6 Å². The maximum Gasteiger partial charge on any atom is 0.208 e. The fraction of sp³-hybridized carbons (Fsp3) is 0.833. The average Bonchev–Trinajstić information content (AvgIpc) is 2.71. The molecular weight excluding hydrogens is 232 g/mol. The van der Waals surface area contributed by atoms with Gasteiger partial charge in [0.2, 0.25) is 5.16 Å². The molecule has 0 radical (unpaired) electrons. The molecule has 2 rings (SSSR count). The maximum absolute atomic E-state index is 4.28. The van der Waals surface area contributed by atoms with E-state index in [0.29, 0.717) is 0 Å². The molecule has 2 atom stereocenters. The van der Waals surface area contributed by atoms with Crippen molar-refractivity contribution in [2.24, 2.45) is 5.92 Å². The predicted octanol–water partition coefficient (Wildman–Crippen LogP) is 2.37. The van der Waals surface area contributed by atoms with Crippen LogP contribution in [-0.4, -0.2) is 33.5 Å². The molecule has 0 spiro atoms. The van der Waals surface area contributed by atoms with E-state index in [1.807, 2.05) is 6.92 Å². The van der Waals surface area contributed by atoms with Gasteiger partial charge in [0.05, 0.1) is 0 Å². The zero-order valence-corrected chi connectivity index (χ0v) is 11.5. The van der Waals surface area contributed by atoms with Gasteiger partial charge in [-0.15, -0.1) is 5.10 Å². The van der Waals surface area contributed by atoms with Crippen LogP contribution in [0.1, 0.15) is 38.4 Å². The lowest BCUT2D eigenvalue weighted by Crippen LogP contribution is -2.34. The van der Waals surface area contributed by atoms with Crippen LogP contribution in [0.15, 0.2) is 5.16 Å². The molecule has 1 aromatic heterocycles. The van der Waals surface area contributed by atoms with Crippen molar-refractivity contribution in [2.75, 3.05) is 12.3 Å². The second kappa shape index (κ2) is 6.40. The molecule has 4 nitrogen and oxygen atoms in total. The molecule has 2 unspecified atom stereocenters. The Morgan fingerprint density at radius 3 is 3.06 bits per heavy atom. The molecular formula is C12H22N4S. The van der Waals surface area contributed by atoms with Crippen LogP contribution in [0.3, 0.4) is 0 Å². The first-order valence-electron chi connectivity index (χ1n) is 6.49. The zero-order valence-electron chi connectivity index (χ0n) is 10.7. The van der Waals surface area contributed by atoms with Crippen molar-refractivity contribution in [3.05, 3.63) is 5.82 Å². The third kappa shape index (κ3) is 4.32. The molecule has 1 aliphatic carbocycles. The number of rotatable bonds is 5. The number of nitrogens with one attached hydrogen (secondary N) is 2. The molecule has 0 amide bonds. The lowest BCUT2D eigenvalue weighted by molar-refractivity contribution is 0.306. The van der Waals surface area contributed by atoms with E-state index in [-0.39, 0.29) is 0 Å². The molecule has 1 aromatic rings. The largest absolute Gasteiger partial charge is 0.313 e. The number of nitrogens with zero attached hydrogens (tertiary/aromatic N) is 2. The summed E-state index contributed by atoms with van der Waals surface area (Å²) in [6.45, 7) is 5.34. The van der Waals surface area contributed by atoms with E-state index in [1.165, 1.54) is 25.7 Å². The van der Waals surface area contributed by atoms with Crippen LogP contribution >= 0.6 is 11.8 Å². The Bertz CT molecular complexity index is 339. The molecule has 0 bridgehead atoms. The van der Waals surface area contributed by atoms with E-state index in [0.717, 1.165) is 35.2 Å². The van der Waals surface area contributed by atoms with Crippen molar-refractivity contribution in [3.63, 3.8) is 0 Å². The lowest BCUT2D eigenvalue weighted by atomic mass is 9.87. The summed E-state index contributed by atoms with van der Waals surface area (Å²) in [7, 11) is 0. The number of hydrogen-bond donors (Lipinski definition) is 2. The normalized spacial score (nSPS) is 25.1. The highest BCUT2D eigenvalue weighted by molar-refractivity contribution is 7.99. The van der Waals surface area contributed by atoms with Gasteiger partial charge in [0.15, 0.2) is 0 Å². The molecule has 5 heteroatoms. The average molecular weight is 254 g/mol. The predicted molar refractivity (Wildman–Crippen MR) is 71.3 cm³/mol. The molecule has 0 aliphatic heterocycles. The minimum atomic E-state index is 0.730. The van der Waals surface area contributed by atoms with Crippen molar-refractivity contribution in [3.8, 4) is 0 Å². The molecule has 17 heavy (non-hydrogen) atoms.